The van der Waals surface area contributed by atoms with Crippen molar-refractivity contribution in [1.82, 2.24) is 0 Å². The quantitative estimate of drug-likeness (QED) is 0.744. The Bertz CT molecular complexity index is 515. The number of halogens is 2. The molecule has 0 saturated carbocycles. The summed E-state index contributed by atoms with van der Waals surface area (Å²) in [6.07, 6.45) is 0.796. The van der Waals surface area contributed by atoms with Crippen LogP contribution in [0, 0.1) is 0 Å². The lowest BCUT2D eigenvalue weighted by Crippen LogP contribution is -2.29. The summed E-state index contributed by atoms with van der Waals surface area (Å²) in [5.41, 5.74) is 1.55. The molecular weight excluding hydrogens is 279 g/mol. The average molecular weight is 295 g/mol. The van der Waals surface area contributed by atoms with Crippen LogP contribution in [0.15, 0.2) is 48.5 Å². The molecule has 0 amide bonds. The first-order valence-electron chi connectivity index (χ1n) is 6.19. The lowest BCUT2D eigenvalue weighted by molar-refractivity contribution is 0.0186. The second kappa shape index (κ2) is 5.96. The molecule has 0 aliphatic heterocycles. The predicted molar refractivity (Wildman–Crippen MR) is 81.0 cm³/mol. The van der Waals surface area contributed by atoms with E-state index in [9.17, 15) is 0 Å². The fraction of sp³-hybridized carbons (Fsp3) is 0.250. The molecule has 2 aromatic carbocycles. The summed E-state index contributed by atoms with van der Waals surface area (Å²) in [5.74, 6) is 0. The van der Waals surface area contributed by atoms with Crippen molar-refractivity contribution in [3.63, 3.8) is 0 Å². The molecule has 0 spiro atoms. The molecule has 3 heteroatoms. The van der Waals surface area contributed by atoms with Gasteiger partial charge in [-0.25, -0.2) is 0 Å². The van der Waals surface area contributed by atoms with Crippen LogP contribution >= 0.6 is 23.2 Å². The maximum atomic E-state index is 6.10. The summed E-state index contributed by atoms with van der Waals surface area (Å²) in [4.78, 5) is 0. The van der Waals surface area contributed by atoms with Crippen LogP contribution in [0.1, 0.15) is 24.5 Å². The van der Waals surface area contributed by atoms with Crippen LogP contribution < -0.4 is 0 Å². The van der Waals surface area contributed by atoms with Crippen LogP contribution in [0.5, 0.6) is 0 Å². The van der Waals surface area contributed by atoms with Gasteiger partial charge in [0.25, 0.3) is 0 Å². The van der Waals surface area contributed by atoms with E-state index in [2.05, 4.69) is 6.92 Å². The highest BCUT2D eigenvalue weighted by atomic mass is 35.5. The Hall–Kier alpha value is -1.02. The van der Waals surface area contributed by atoms with Crippen molar-refractivity contribution < 1.29 is 4.74 Å². The third-order valence-corrected chi connectivity index (χ3v) is 3.90. The topological polar surface area (TPSA) is 9.23 Å². The molecule has 100 valence electrons. The van der Waals surface area contributed by atoms with Gasteiger partial charge in [0.05, 0.1) is 0 Å². The Labute approximate surface area is 124 Å². The number of methoxy groups -OCH3 is 1. The Kier molecular flexibility index (Phi) is 4.51. The first-order valence-corrected chi connectivity index (χ1v) is 6.95. The molecule has 0 radical (unpaired) electrons. The smallest absolute Gasteiger partial charge is 0.118 e. The zero-order valence-corrected chi connectivity index (χ0v) is 12.5. The van der Waals surface area contributed by atoms with Crippen LogP contribution in [-0.2, 0) is 10.3 Å². The highest BCUT2D eigenvalue weighted by Gasteiger charge is 2.32. The van der Waals surface area contributed by atoms with Crippen molar-refractivity contribution in [2.75, 3.05) is 7.11 Å². The van der Waals surface area contributed by atoms with Crippen molar-refractivity contribution >= 4 is 23.2 Å². The van der Waals surface area contributed by atoms with E-state index in [4.69, 9.17) is 27.9 Å². The first kappa shape index (κ1) is 14.4. The molecule has 0 N–H and O–H groups in total. The minimum atomic E-state index is -0.518. The highest BCUT2D eigenvalue weighted by molar-refractivity contribution is 6.31. The lowest BCUT2D eigenvalue weighted by atomic mass is 9.84. The van der Waals surface area contributed by atoms with Gasteiger partial charge in [-0.2, -0.15) is 0 Å². The van der Waals surface area contributed by atoms with Crippen LogP contribution in [-0.4, -0.2) is 7.11 Å². The molecule has 0 bridgehead atoms. The van der Waals surface area contributed by atoms with Gasteiger partial charge in [-0.15, -0.1) is 0 Å². The fourth-order valence-corrected chi connectivity index (χ4v) is 2.81. The number of benzene rings is 2. The summed E-state index contributed by atoms with van der Waals surface area (Å²) in [5, 5.41) is 1.41. The molecule has 0 unspecified atom stereocenters. The second-order valence-electron chi connectivity index (χ2n) is 4.41. The van der Waals surface area contributed by atoms with E-state index in [1.807, 2.05) is 48.5 Å². The van der Waals surface area contributed by atoms with Gasteiger partial charge in [0.15, 0.2) is 0 Å². The van der Waals surface area contributed by atoms with Gasteiger partial charge in [-0.05, 0) is 41.8 Å². The summed E-state index contributed by atoms with van der Waals surface area (Å²) in [6.45, 7) is 2.09. The normalized spacial score (nSPS) is 11.6. The Balaban J connectivity index is 2.60. The standard InChI is InChI=1S/C16H16Cl2O/c1-3-16(19-2,12-6-4-8-14(17)10-12)13-7-5-9-15(18)11-13/h4-11H,3H2,1-2H3. The predicted octanol–water partition coefficient (Wildman–Crippen LogP) is 5.29. The van der Waals surface area contributed by atoms with Crippen LogP contribution in [0.3, 0.4) is 0 Å². The summed E-state index contributed by atoms with van der Waals surface area (Å²) in [7, 11) is 1.71. The van der Waals surface area contributed by atoms with Gasteiger partial charge >= 0.3 is 0 Å². The highest BCUT2D eigenvalue weighted by Crippen LogP contribution is 2.38. The number of hydrogen-bond donors (Lipinski definition) is 0. The van der Waals surface area contributed by atoms with Gasteiger partial charge < -0.3 is 4.74 Å². The van der Waals surface area contributed by atoms with Crippen molar-refractivity contribution in [1.29, 1.82) is 0 Å². The fourth-order valence-electron chi connectivity index (χ4n) is 2.43. The van der Waals surface area contributed by atoms with Crippen molar-refractivity contribution in [2.24, 2.45) is 0 Å². The molecule has 0 atom stereocenters. The van der Waals surface area contributed by atoms with Crippen molar-refractivity contribution in [3.8, 4) is 0 Å². The van der Waals surface area contributed by atoms with E-state index in [1.54, 1.807) is 7.11 Å². The van der Waals surface area contributed by atoms with Gasteiger partial charge in [-0.1, -0.05) is 54.4 Å². The molecule has 0 aliphatic carbocycles. The molecule has 2 rings (SSSR count). The molecule has 19 heavy (non-hydrogen) atoms. The number of rotatable bonds is 4. The number of hydrogen-bond acceptors (Lipinski definition) is 1. The van der Waals surface area contributed by atoms with E-state index in [0.29, 0.717) is 10.0 Å². The molecule has 0 saturated heterocycles. The zero-order valence-electron chi connectivity index (χ0n) is 11.0. The lowest BCUT2D eigenvalue weighted by Gasteiger charge is -2.33. The first-order chi connectivity index (χ1) is 9.12. The number of ether oxygens (including phenoxy) is 1. The minimum Gasteiger partial charge on any atom is -0.369 e. The molecule has 0 aromatic heterocycles. The Morgan fingerprint density at radius 2 is 1.42 bits per heavy atom. The van der Waals surface area contributed by atoms with Crippen molar-refractivity contribution in [3.05, 3.63) is 69.7 Å². The van der Waals surface area contributed by atoms with Crippen LogP contribution in [0.25, 0.3) is 0 Å². The van der Waals surface area contributed by atoms with E-state index in [0.717, 1.165) is 17.5 Å². The summed E-state index contributed by atoms with van der Waals surface area (Å²) >= 11 is 12.2. The molecule has 0 aliphatic rings. The molecular formula is C16H16Cl2O. The van der Waals surface area contributed by atoms with E-state index in [-0.39, 0.29) is 0 Å². The third-order valence-electron chi connectivity index (χ3n) is 3.43. The van der Waals surface area contributed by atoms with Gasteiger partial charge in [-0.3, -0.25) is 0 Å². The molecule has 2 aromatic rings. The summed E-state index contributed by atoms with van der Waals surface area (Å²) < 4.78 is 5.85. The Morgan fingerprint density at radius 3 is 1.74 bits per heavy atom. The van der Waals surface area contributed by atoms with E-state index < -0.39 is 5.60 Å². The molecule has 1 nitrogen and oxygen atoms in total. The van der Waals surface area contributed by atoms with Crippen molar-refractivity contribution in [2.45, 2.75) is 18.9 Å². The zero-order chi connectivity index (χ0) is 13.9. The largest absolute Gasteiger partial charge is 0.369 e. The molecule has 0 heterocycles. The van der Waals surface area contributed by atoms with Crippen LogP contribution in [0.2, 0.25) is 10.0 Å². The van der Waals surface area contributed by atoms with Gasteiger partial charge in [0.2, 0.25) is 0 Å². The third kappa shape index (κ3) is 2.79. The van der Waals surface area contributed by atoms with E-state index in [1.165, 1.54) is 0 Å². The SMILES string of the molecule is CCC(OC)(c1cccc(Cl)c1)c1cccc(Cl)c1. The monoisotopic (exact) mass is 294 g/mol. The van der Waals surface area contributed by atoms with Gasteiger partial charge in [0.1, 0.15) is 5.60 Å². The maximum absolute atomic E-state index is 6.10. The van der Waals surface area contributed by atoms with E-state index >= 15 is 0 Å². The Morgan fingerprint density at radius 1 is 0.947 bits per heavy atom. The van der Waals surface area contributed by atoms with Crippen LogP contribution in [0.4, 0.5) is 0 Å². The minimum absolute atomic E-state index is 0.518. The second-order valence-corrected chi connectivity index (χ2v) is 5.28. The summed E-state index contributed by atoms with van der Waals surface area (Å²) in [6, 6.07) is 15.5. The maximum Gasteiger partial charge on any atom is 0.118 e. The average Bonchev–Trinajstić information content (AvgIpc) is 2.41. The van der Waals surface area contributed by atoms with Gasteiger partial charge in [0, 0.05) is 17.2 Å². The molecule has 0 fully saturated rings.